The van der Waals surface area contributed by atoms with E-state index in [1.54, 1.807) is 6.92 Å². The molecule has 9 heteroatoms. The highest BCUT2D eigenvalue weighted by Crippen LogP contribution is 2.43. The number of esters is 1. The fraction of sp³-hybridized carbons (Fsp3) is 0.312. The summed E-state index contributed by atoms with van der Waals surface area (Å²) < 4.78 is 51.2. The van der Waals surface area contributed by atoms with Crippen molar-refractivity contribution in [3.8, 4) is 11.3 Å². The Balaban J connectivity index is 2.84. The van der Waals surface area contributed by atoms with Crippen LogP contribution in [-0.2, 0) is 22.4 Å². The van der Waals surface area contributed by atoms with Crippen LogP contribution in [-0.4, -0.2) is 24.3 Å². The summed E-state index contributed by atoms with van der Waals surface area (Å²) in [6.07, 6.45) is -4.70. The lowest BCUT2D eigenvalue weighted by atomic mass is 10.1. The van der Waals surface area contributed by atoms with E-state index >= 15 is 0 Å². The van der Waals surface area contributed by atoms with E-state index in [4.69, 9.17) is 16.3 Å². The van der Waals surface area contributed by atoms with Gasteiger partial charge in [-0.05, 0) is 40.5 Å². The van der Waals surface area contributed by atoms with Gasteiger partial charge in [-0.25, -0.2) is 4.79 Å². The minimum Gasteiger partial charge on any atom is -0.465 e. The summed E-state index contributed by atoms with van der Waals surface area (Å²) in [4.78, 5) is 12.2. The molecule has 2 rings (SSSR count). The summed E-state index contributed by atoms with van der Waals surface area (Å²) in [6.45, 7) is 1.49. The highest BCUT2D eigenvalue weighted by atomic mass is 79.9. The molecule has 25 heavy (non-hydrogen) atoms. The minimum atomic E-state index is -4.70. The van der Waals surface area contributed by atoms with E-state index in [0.29, 0.717) is 10.6 Å². The maximum absolute atomic E-state index is 13.6. The van der Waals surface area contributed by atoms with Crippen molar-refractivity contribution in [2.45, 2.75) is 19.8 Å². The van der Waals surface area contributed by atoms with E-state index in [2.05, 4.69) is 20.7 Å². The third-order valence-corrected chi connectivity index (χ3v) is 4.43. The average molecular weight is 441 g/mol. The number of carbonyl (C=O) groups excluding carboxylic acids is 1. The van der Waals surface area contributed by atoms with Gasteiger partial charge in [0.25, 0.3) is 0 Å². The van der Waals surface area contributed by atoms with Crippen LogP contribution in [0.5, 0.6) is 0 Å². The lowest BCUT2D eigenvalue weighted by Crippen LogP contribution is -2.16. The molecule has 0 radical (unpaired) electrons. The maximum atomic E-state index is 13.6. The third-order valence-electron chi connectivity index (χ3n) is 3.40. The number of halogens is 5. The lowest BCUT2D eigenvalue weighted by molar-refractivity contribution is -0.146. The van der Waals surface area contributed by atoms with E-state index in [-0.39, 0.29) is 24.6 Å². The van der Waals surface area contributed by atoms with Gasteiger partial charge in [-0.2, -0.15) is 13.2 Å². The molecule has 0 aliphatic carbocycles. The molecule has 0 unspecified atom stereocenters. The van der Waals surface area contributed by atoms with Crippen LogP contribution in [0.2, 0.25) is 5.02 Å². The van der Waals surface area contributed by atoms with Crippen LogP contribution in [0.3, 0.4) is 0 Å². The molecular formula is C16H14BrClF3NO3. The first-order valence-electron chi connectivity index (χ1n) is 7.13. The molecule has 0 amide bonds. The number of nitrogens with zero attached hydrogens (tertiary/aromatic N) is 1. The van der Waals surface area contributed by atoms with E-state index in [9.17, 15) is 18.0 Å². The second-order valence-electron chi connectivity index (χ2n) is 4.93. The molecule has 0 atom stereocenters. The van der Waals surface area contributed by atoms with Crippen LogP contribution in [0.25, 0.3) is 11.3 Å². The second kappa shape index (κ2) is 7.80. The Labute approximate surface area is 155 Å². The normalized spacial score (nSPS) is 11.6. The van der Waals surface area contributed by atoms with Crippen LogP contribution in [0.4, 0.5) is 13.2 Å². The van der Waals surface area contributed by atoms with Crippen LogP contribution >= 0.6 is 27.5 Å². The monoisotopic (exact) mass is 439 g/mol. The number of alkyl halides is 3. The van der Waals surface area contributed by atoms with Gasteiger partial charge in [0.1, 0.15) is 18.0 Å². The number of ether oxygens (including phenoxy) is 2. The van der Waals surface area contributed by atoms with Gasteiger partial charge < -0.3 is 14.0 Å². The Hall–Kier alpha value is -1.51. The largest absolute Gasteiger partial charge is 0.465 e. The Bertz CT molecular complexity index is 772. The highest BCUT2D eigenvalue weighted by Gasteiger charge is 2.42. The number of aromatic nitrogens is 1. The molecule has 0 bridgehead atoms. The van der Waals surface area contributed by atoms with Crippen molar-refractivity contribution in [2.75, 3.05) is 13.7 Å². The number of benzene rings is 1. The highest BCUT2D eigenvalue weighted by molar-refractivity contribution is 9.10. The Kier molecular flexibility index (Phi) is 6.18. The minimum absolute atomic E-state index is 0.0381. The molecule has 136 valence electrons. The number of carbonyl (C=O) groups is 1. The molecule has 0 N–H and O–H groups in total. The van der Waals surface area contributed by atoms with Crippen molar-refractivity contribution in [1.29, 1.82) is 0 Å². The van der Waals surface area contributed by atoms with Gasteiger partial charge in [0.15, 0.2) is 0 Å². The summed E-state index contributed by atoms with van der Waals surface area (Å²) in [7, 11) is 1.10. The van der Waals surface area contributed by atoms with Gasteiger partial charge in [-0.15, -0.1) is 0 Å². The first kappa shape index (κ1) is 19.8. The molecule has 0 spiro atoms. The van der Waals surface area contributed by atoms with E-state index in [0.717, 1.165) is 11.7 Å². The zero-order chi connectivity index (χ0) is 18.8. The Morgan fingerprint density at radius 2 is 1.88 bits per heavy atom. The van der Waals surface area contributed by atoms with Crippen molar-refractivity contribution in [3.05, 3.63) is 45.0 Å². The first-order valence-corrected chi connectivity index (χ1v) is 8.30. The molecule has 0 fully saturated rings. The van der Waals surface area contributed by atoms with E-state index in [1.807, 2.05) is 0 Å². The number of rotatable bonds is 5. The molecule has 0 saturated heterocycles. The molecule has 1 aromatic carbocycles. The topological polar surface area (TPSA) is 40.5 Å². The van der Waals surface area contributed by atoms with Crippen LogP contribution in [0.15, 0.2) is 28.7 Å². The summed E-state index contributed by atoms with van der Waals surface area (Å²) >= 11 is 8.76. The number of hydrogen-bond donors (Lipinski definition) is 0. The molecule has 4 nitrogen and oxygen atoms in total. The summed E-state index contributed by atoms with van der Waals surface area (Å²) in [6, 6.07) is 6.10. The van der Waals surface area contributed by atoms with Crippen molar-refractivity contribution < 1.29 is 27.4 Å². The molecule has 0 saturated carbocycles. The predicted octanol–water partition coefficient (Wildman–Crippen LogP) is 5.37. The average Bonchev–Trinajstić information content (AvgIpc) is 2.85. The number of hydrogen-bond acceptors (Lipinski definition) is 3. The van der Waals surface area contributed by atoms with Crippen LogP contribution in [0.1, 0.15) is 23.0 Å². The Morgan fingerprint density at radius 1 is 1.28 bits per heavy atom. The van der Waals surface area contributed by atoms with Gasteiger partial charge in [0, 0.05) is 11.6 Å². The molecule has 2 aromatic rings. The summed E-state index contributed by atoms with van der Waals surface area (Å²) in [5.41, 5.74) is -0.833. The fourth-order valence-corrected chi connectivity index (χ4v) is 3.29. The fourth-order valence-electron chi connectivity index (χ4n) is 2.37. The van der Waals surface area contributed by atoms with Gasteiger partial charge >= 0.3 is 12.1 Å². The zero-order valence-corrected chi connectivity index (χ0v) is 15.6. The van der Waals surface area contributed by atoms with Gasteiger partial charge in [0.2, 0.25) is 0 Å². The van der Waals surface area contributed by atoms with E-state index in [1.165, 1.54) is 24.3 Å². The predicted molar refractivity (Wildman–Crippen MR) is 90.5 cm³/mol. The lowest BCUT2D eigenvalue weighted by Gasteiger charge is -2.16. The maximum Gasteiger partial charge on any atom is 0.432 e. The molecule has 1 aromatic heterocycles. The van der Waals surface area contributed by atoms with Crippen LogP contribution < -0.4 is 0 Å². The SMILES string of the molecule is CCOCn1c(-c2ccc(Cl)cc2)c(C(=O)OC)c(Br)c1C(F)(F)F. The van der Waals surface area contributed by atoms with E-state index < -0.39 is 22.3 Å². The smallest absolute Gasteiger partial charge is 0.432 e. The molecular weight excluding hydrogens is 427 g/mol. The van der Waals surface area contributed by atoms with Gasteiger partial charge in [0.05, 0.1) is 17.3 Å². The van der Waals surface area contributed by atoms with Gasteiger partial charge in [-0.1, -0.05) is 23.7 Å². The third kappa shape index (κ3) is 4.02. The van der Waals surface area contributed by atoms with Crippen molar-refractivity contribution >= 4 is 33.5 Å². The van der Waals surface area contributed by atoms with Crippen molar-refractivity contribution in [1.82, 2.24) is 4.57 Å². The zero-order valence-electron chi connectivity index (χ0n) is 13.3. The van der Waals surface area contributed by atoms with Crippen molar-refractivity contribution in [2.24, 2.45) is 0 Å². The molecule has 0 aliphatic heterocycles. The van der Waals surface area contributed by atoms with Gasteiger partial charge in [-0.3, -0.25) is 0 Å². The first-order chi connectivity index (χ1) is 11.7. The quantitative estimate of drug-likeness (QED) is 0.587. The standard InChI is InChI=1S/C16H14BrClF3NO3/c1-3-25-8-22-13(9-4-6-10(18)7-5-9)11(15(23)24-2)12(17)14(22)16(19,20)21/h4-7H,3,8H2,1-2H3. The summed E-state index contributed by atoms with van der Waals surface area (Å²) in [5, 5.41) is 0.418. The van der Waals surface area contributed by atoms with Crippen LogP contribution in [0, 0.1) is 0 Å². The molecule has 0 aliphatic rings. The summed E-state index contributed by atoms with van der Waals surface area (Å²) in [5.74, 6) is -0.891. The Morgan fingerprint density at radius 3 is 2.36 bits per heavy atom. The second-order valence-corrected chi connectivity index (χ2v) is 6.16. The van der Waals surface area contributed by atoms with Crippen molar-refractivity contribution in [3.63, 3.8) is 0 Å². The molecule has 1 heterocycles. The number of methoxy groups -OCH3 is 1.